The second-order valence-corrected chi connectivity index (χ2v) is 7.94. The summed E-state index contributed by atoms with van der Waals surface area (Å²) in [4.78, 5) is 61.8. The lowest BCUT2D eigenvalue weighted by Gasteiger charge is -2.26. The number of hydrogen-bond donors (Lipinski definition) is 3. The number of carbonyl (C=O) groups is 5. The highest BCUT2D eigenvalue weighted by atomic mass is 19.1. The van der Waals surface area contributed by atoms with Crippen LogP contribution >= 0.6 is 0 Å². The van der Waals surface area contributed by atoms with Gasteiger partial charge in [-0.15, -0.1) is 0 Å². The molecule has 0 saturated carbocycles. The lowest BCUT2D eigenvalue weighted by molar-refractivity contribution is -0.164. The molecule has 3 N–H and O–H groups in total. The number of esters is 1. The molecule has 0 aliphatic carbocycles. The summed E-state index contributed by atoms with van der Waals surface area (Å²) < 4.78 is 24.6. The van der Waals surface area contributed by atoms with Gasteiger partial charge >= 0.3 is 5.97 Å². The van der Waals surface area contributed by atoms with E-state index in [-0.39, 0.29) is 23.6 Å². The van der Waals surface area contributed by atoms with E-state index in [0.29, 0.717) is 26.0 Å². The van der Waals surface area contributed by atoms with E-state index in [4.69, 9.17) is 9.47 Å². The number of hydrogen-bond acceptors (Lipinski definition) is 7. The maximum Gasteiger partial charge on any atom is 0.310 e. The Morgan fingerprint density at radius 1 is 1.26 bits per heavy atom. The van der Waals surface area contributed by atoms with Gasteiger partial charge in [0, 0.05) is 25.8 Å². The van der Waals surface area contributed by atoms with Gasteiger partial charge in [-0.25, -0.2) is 4.39 Å². The van der Waals surface area contributed by atoms with Crippen LogP contribution in [0, 0.1) is 5.82 Å². The number of nitrogens with zero attached hydrogens (tertiary/aromatic N) is 1. The smallest absolute Gasteiger partial charge is 0.310 e. The van der Waals surface area contributed by atoms with Gasteiger partial charge in [-0.3, -0.25) is 24.0 Å². The van der Waals surface area contributed by atoms with Crippen molar-refractivity contribution in [1.82, 2.24) is 15.5 Å². The first kappa shape index (κ1) is 25.1. The van der Waals surface area contributed by atoms with E-state index in [2.05, 4.69) is 16.0 Å². The van der Waals surface area contributed by atoms with Crippen molar-refractivity contribution in [2.75, 3.05) is 25.0 Å². The van der Waals surface area contributed by atoms with E-state index in [0.717, 1.165) is 6.07 Å². The number of likely N-dealkylation sites (tertiary alicyclic amines) is 1. The summed E-state index contributed by atoms with van der Waals surface area (Å²) in [5, 5.41) is 7.49. The normalized spacial score (nSPS) is 21.7. The molecular weight excluding hydrogens is 451 g/mol. The summed E-state index contributed by atoms with van der Waals surface area (Å²) in [6, 6.07) is 2.16. The molecule has 3 rings (SSSR count). The summed E-state index contributed by atoms with van der Waals surface area (Å²) in [5.74, 6) is -3.46. The Bertz CT molecular complexity index is 986. The standard InChI is InChI=1S/C22H27FN4O7/c1-3-33-22-16(10-19(30)34-22)26-21(32)17-5-4-8-27(17)18(29)11-24-20(31)14-7-6-13(9-15(14)23)25-12(2)28/h6-7,9,16-17,22H,3-5,8,10-11H2,1-2H3,(H,24,31)(H,25,28)(H,26,32)/t16-,17-,22+/m0/s1. The van der Waals surface area contributed by atoms with Gasteiger partial charge in [0.1, 0.15) is 17.9 Å². The molecule has 0 spiro atoms. The van der Waals surface area contributed by atoms with Crippen LogP contribution in [0.5, 0.6) is 0 Å². The second-order valence-electron chi connectivity index (χ2n) is 7.94. The number of ether oxygens (including phenoxy) is 2. The van der Waals surface area contributed by atoms with Crippen LogP contribution in [0.4, 0.5) is 10.1 Å². The van der Waals surface area contributed by atoms with Crippen molar-refractivity contribution in [1.29, 1.82) is 0 Å². The lowest BCUT2D eigenvalue weighted by Crippen LogP contribution is -2.52. The molecule has 1 aromatic carbocycles. The average molecular weight is 478 g/mol. The number of anilines is 1. The Balaban J connectivity index is 1.56. The van der Waals surface area contributed by atoms with Crippen LogP contribution in [0.15, 0.2) is 18.2 Å². The molecule has 2 fully saturated rings. The van der Waals surface area contributed by atoms with Crippen molar-refractivity contribution in [3.05, 3.63) is 29.6 Å². The van der Waals surface area contributed by atoms with Crippen molar-refractivity contribution >= 4 is 35.3 Å². The molecule has 4 amide bonds. The van der Waals surface area contributed by atoms with Crippen molar-refractivity contribution in [2.45, 2.75) is 51.5 Å². The minimum absolute atomic E-state index is 0.0284. The van der Waals surface area contributed by atoms with Crippen LogP contribution in [0.25, 0.3) is 0 Å². The highest BCUT2D eigenvalue weighted by molar-refractivity contribution is 5.98. The summed E-state index contributed by atoms with van der Waals surface area (Å²) in [6.07, 6.45) is 0.106. The van der Waals surface area contributed by atoms with Gasteiger partial charge in [-0.05, 0) is 38.0 Å². The molecule has 2 heterocycles. The van der Waals surface area contributed by atoms with Crippen LogP contribution in [0.3, 0.4) is 0 Å². The molecule has 0 radical (unpaired) electrons. The molecule has 2 aliphatic rings. The Kier molecular flexibility index (Phi) is 8.16. The summed E-state index contributed by atoms with van der Waals surface area (Å²) in [6.45, 7) is 3.20. The molecule has 3 atom stereocenters. The van der Waals surface area contributed by atoms with Crippen LogP contribution in [0.1, 0.15) is 43.5 Å². The SMILES string of the molecule is CCO[C@@H]1OC(=O)C[C@@H]1NC(=O)[C@@H]1CCCN1C(=O)CNC(=O)c1ccc(NC(C)=O)cc1F. The third kappa shape index (κ3) is 6.07. The summed E-state index contributed by atoms with van der Waals surface area (Å²) in [5.41, 5.74) is -0.0880. The maximum absolute atomic E-state index is 14.2. The number of benzene rings is 1. The molecule has 1 aromatic rings. The van der Waals surface area contributed by atoms with E-state index < -0.39 is 54.4 Å². The highest BCUT2D eigenvalue weighted by Gasteiger charge is 2.40. The zero-order valence-electron chi connectivity index (χ0n) is 18.9. The third-order valence-electron chi connectivity index (χ3n) is 5.43. The zero-order chi connectivity index (χ0) is 24.8. The molecule has 184 valence electrons. The van der Waals surface area contributed by atoms with E-state index in [1.807, 2.05) is 0 Å². The molecule has 0 bridgehead atoms. The Hall–Kier alpha value is -3.54. The number of amides is 4. The van der Waals surface area contributed by atoms with E-state index in [9.17, 15) is 28.4 Å². The number of nitrogens with one attached hydrogen (secondary N) is 3. The van der Waals surface area contributed by atoms with E-state index in [1.165, 1.54) is 24.0 Å². The van der Waals surface area contributed by atoms with Crippen LogP contribution in [-0.4, -0.2) is 72.6 Å². The fourth-order valence-corrected chi connectivity index (χ4v) is 3.92. The van der Waals surface area contributed by atoms with E-state index in [1.54, 1.807) is 6.92 Å². The van der Waals surface area contributed by atoms with Crippen molar-refractivity contribution in [3.63, 3.8) is 0 Å². The molecule has 11 nitrogen and oxygen atoms in total. The topological polar surface area (TPSA) is 143 Å². The minimum atomic E-state index is -0.877. The van der Waals surface area contributed by atoms with Crippen molar-refractivity contribution in [2.24, 2.45) is 0 Å². The number of cyclic esters (lactones) is 1. The number of halogens is 1. The molecule has 0 aromatic heterocycles. The fourth-order valence-electron chi connectivity index (χ4n) is 3.92. The average Bonchev–Trinajstić information content (AvgIpc) is 3.38. The number of carbonyl (C=O) groups excluding carboxylic acids is 5. The van der Waals surface area contributed by atoms with Gasteiger partial charge in [0.25, 0.3) is 5.91 Å². The largest absolute Gasteiger partial charge is 0.433 e. The highest BCUT2D eigenvalue weighted by Crippen LogP contribution is 2.21. The summed E-state index contributed by atoms with van der Waals surface area (Å²) >= 11 is 0. The molecule has 2 aliphatic heterocycles. The van der Waals surface area contributed by atoms with Crippen LogP contribution in [0.2, 0.25) is 0 Å². The van der Waals surface area contributed by atoms with Gasteiger partial charge in [0.15, 0.2) is 0 Å². The Morgan fingerprint density at radius 3 is 2.71 bits per heavy atom. The predicted molar refractivity (Wildman–Crippen MR) is 116 cm³/mol. The van der Waals surface area contributed by atoms with Gasteiger partial charge < -0.3 is 30.3 Å². The monoisotopic (exact) mass is 478 g/mol. The van der Waals surface area contributed by atoms with E-state index >= 15 is 0 Å². The first-order valence-corrected chi connectivity index (χ1v) is 11.0. The maximum atomic E-state index is 14.2. The van der Waals surface area contributed by atoms with Crippen LogP contribution < -0.4 is 16.0 Å². The quantitative estimate of drug-likeness (QED) is 0.456. The van der Waals surface area contributed by atoms with Crippen molar-refractivity contribution in [3.8, 4) is 0 Å². The van der Waals surface area contributed by atoms with Crippen LogP contribution in [-0.2, 0) is 28.7 Å². The molecular formula is C22H27FN4O7. The zero-order valence-corrected chi connectivity index (χ0v) is 18.9. The molecule has 2 saturated heterocycles. The lowest BCUT2D eigenvalue weighted by atomic mass is 10.1. The minimum Gasteiger partial charge on any atom is -0.433 e. The Labute approximate surface area is 195 Å². The summed E-state index contributed by atoms with van der Waals surface area (Å²) in [7, 11) is 0. The van der Waals surface area contributed by atoms with Gasteiger partial charge in [0.2, 0.25) is 24.0 Å². The van der Waals surface area contributed by atoms with Gasteiger partial charge in [-0.1, -0.05) is 0 Å². The first-order valence-electron chi connectivity index (χ1n) is 11.0. The first-order chi connectivity index (χ1) is 16.2. The molecule has 0 unspecified atom stereocenters. The number of rotatable bonds is 8. The molecule has 34 heavy (non-hydrogen) atoms. The Morgan fingerprint density at radius 2 is 2.03 bits per heavy atom. The molecule has 12 heteroatoms. The third-order valence-corrected chi connectivity index (χ3v) is 5.43. The van der Waals surface area contributed by atoms with Gasteiger partial charge in [-0.2, -0.15) is 0 Å². The van der Waals surface area contributed by atoms with Crippen molar-refractivity contribution < 1.29 is 37.8 Å². The predicted octanol–water partition coefficient (Wildman–Crippen LogP) is 0.299. The fraction of sp³-hybridized carbons (Fsp3) is 0.500. The second kappa shape index (κ2) is 11.1. The van der Waals surface area contributed by atoms with Gasteiger partial charge in [0.05, 0.1) is 18.5 Å².